The van der Waals surface area contributed by atoms with Crippen LogP contribution in [0.4, 0.5) is 5.69 Å². The SMILES string of the molecule is O=C1CCC(=O)N1c1ccc(C#CCCO)cc1. The van der Waals surface area contributed by atoms with Gasteiger partial charge in [-0.15, -0.1) is 0 Å². The molecule has 0 unspecified atom stereocenters. The fourth-order valence-electron chi connectivity index (χ4n) is 1.78. The normalized spacial score (nSPS) is 14.6. The van der Waals surface area contributed by atoms with E-state index < -0.39 is 0 Å². The summed E-state index contributed by atoms with van der Waals surface area (Å²) >= 11 is 0. The quantitative estimate of drug-likeness (QED) is 0.624. The van der Waals surface area contributed by atoms with Crippen LogP contribution >= 0.6 is 0 Å². The number of carbonyl (C=O) groups excluding carboxylic acids is 2. The molecule has 1 aromatic rings. The van der Waals surface area contributed by atoms with Gasteiger partial charge in [0, 0.05) is 24.8 Å². The summed E-state index contributed by atoms with van der Waals surface area (Å²) in [5.41, 5.74) is 1.39. The molecule has 0 atom stereocenters. The zero-order chi connectivity index (χ0) is 13.0. The number of anilines is 1. The fourth-order valence-corrected chi connectivity index (χ4v) is 1.78. The lowest BCUT2D eigenvalue weighted by Gasteiger charge is -2.13. The smallest absolute Gasteiger partial charge is 0.234 e. The summed E-state index contributed by atoms with van der Waals surface area (Å²) in [6, 6.07) is 6.95. The minimum Gasteiger partial charge on any atom is -0.395 e. The summed E-state index contributed by atoms with van der Waals surface area (Å²) in [4.78, 5) is 24.3. The van der Waals surface area contributed by atoms with Crippen LogP contribution in [0, 0.1) is 11.8 Å². The number of nitrogens with zero attached hydrogens (tertiary/aromatic N) is 1. The maximum Gasteiger partial charge on any atom is 0.234 e. The van der Waals surface area contributed by atoms with E-state index >= 15 is 0 Å². The van der Waals surface area contributed by atoms with Gasteiger partial charge >= 0.3 is 0 Å². The largest absolute Gasteiger partial charge is 0.395 e. The molecule has 2 rings (SSSR count). The highest BCUT2D eigenvalue weighted by molar-refractivity contribution is 6.19. The maximum absolute atomic E-state index is 11.5. The van der Waals surface area contributed by atoms with E-state index in [1.165, 1.54) is 4.90 Å². The highest BCUT2D eigenvalue weighted by atomic mass is 16.2. The van der Waals surface area contributed by atoms with Crippen molar-refractivity contribution < 1.29 is 14.7 Å². The van der Waals surface area contributed by atoms with Crippen molar-refractivity contribution in [1.82, 2.24) is 0 Å². The maximum atomic E-state index is 11.5. The molecule has 0 saturated carbocycles. The molecule has 1 fully saturated rings. The van der Waals surface area contributed by atoms with E-state index in [1.54, 1.807) is 24.3 Å². The third-order valence-corrected chi connectivity index (χ3v) is 2.65. The Balaban J connectivity index is 2.15. The van der Waals surface area contributed by atoms with Crippen molar-refractivity contribution >= 4 is 17.5 Å². The Hall–Kier alpha value is -2.12. The van der Waals surface area contributed by atoms with Crippen LogP contribution in [-0.2, 0) is 9.59 Å². The average molecular weight is 243 g/mol. The van der Waals surface area contributed by atoms with Gasteiger partial charge in [-0.1, -0.05) is 11.8 Å². The van der Waals surface area contributed by atoms with Gasteiger partial charge in [0.15, 0.2) is 0 Å². The topological polar surface area (TPSA) is 57.6 Å². The highest BCUT2D eigenvalue weighted by Crippen LogP contribution is 2.22. The summed E-state index contributed by atoms with van der Waals surface area (Å²) in [5.74, 6) is 5.39. The Morgan fingerprint density at radius 1 is 1.11 bits per heavy atom. The Morgan fingerprint density at radius 3 is 2.28 bits per heavy atom. The summed E-state index contributed by atoms with van der Waals surface area (Å²) in [6.45, 7) is 0.0435. The second kappa shape index (κ2) is 5.48. The van der Waals surface area contributed by atoms with Gasteiger partial charge in [-0.3, -0.25) is 14.5 Å². The molecule has 4 nitrogen and oxygen atoms in total. The summed E-state index contributed by atoms with van der Waals surface area (Å²) in [6.07, 6.45) is 1.01. The number of rotatable bonds is 2. The van der Waals surface area contributed by atoms with Crippen LogP contribution in [0.25, 0.3) is 0 Å². The lowest BCUT2D eigenvalue weighted by atomic mass is 10.2. The zero-order valence-electron chi connectivity index (χ0n) is 9.85. The number of hydrogen-bond donors (Lipinski definition) is 1. The van der Waals surface area contributed by atoms with E-state index in [-0.39, 0.29) is 31.3 Å². The number of carbonyl (C=O) groups is 2. The number of hydrogen-bond acceptors (Lipinski definition) is 3. The molecule has 0 bridgehead atoms. The first kappa shape index (κ1) is 12.3. The molecule has 1 heterocycles. The molecular weight excluding hydrogens is 230 g/mol. The van der Waals surface area contributed by atoms with Crippen molar-refractivity contribution in [2.75, 3.05) is 11.5 Å². The molecule has 2 amide bonds. The molecule has 1 aliphatic heterocycles. The van der Waals surface area contributed by atoms with Crippen molar-refractivity contribution in [2.45, 2.75) is 19.3 Å². The number of benzene rings is 1. The van der Waals surface area contributed by atoms with Crippen LogP contribution in [0.3, 0.4) is 0 Å². The third-order valence-electron chi connectivity index (χ3n) is 2.65. The number of aliphatic hydroxyl groups is 1. The van der Waals surface area contributed by atoms with Gasteiger partial charge in [0.2, 0.25) is 11.8 Å². The number of amides is 2. The highest BCUT2D eigenvalue weighted by Gasteiger charge is 2.29. The summed E-state index contributed by atoms with van der Waals surface area (Å²) in [5, 5.41) is 8.61. The van der Waals surface area contributed by atoms with Gasteiger partial charge in [-0.25, -0.2) is 0 Å². The molecule has 18 heavy (non-hydrogen) atoms. The van der Waals surface area contributed by atoms with E-state index in [0.717, 1.165) is 5.56 Å². The molecule has 1 N–H and O–H groups in total. The molecule has 1 saturated heterocycles. The Kier molecular flexibility index (Phi) is 3.75. The lowest BCUT2D eigenvalue weighted by Crippen LogP contribution is -2.28. The number of aliphatic hydroxyl groups excluding tert-OH is 1. The summed E-state index contributed by atoms with van der Waals surface area (Å²) in [7, 11) is 0. The standard InChI is InChI=1S/C14H13NO3/c16-10-2-1-3-11-4-6-12(7-5-11)15-13(17)8-9-14(15)18/h4-7,16H,2,8-10H2. The van der Waals surface area contributed by atoms with Gasteiger partial charge in [0.25, 0.3) is 0 Å². The first-order valence-corrected chi connectivity index (χ1v) is 5.78. The van der Waals surface area contributed by atoms with Gasteiger partial charge in [-0.05, 0) is 24.3 Å². The van der Waals surface area contributed by atoms with Gasteiger partial charge < -0.3 is 5.11 Å². The van der Waals surface area contributed by atoms with E-state index in [4.69, 9.17) is 5.11 Å². The average Bonchev–Trinajstić information content (AvgIpc) is 2.71. The monoisotopic (exact) mass is 243 g/mol. The van der Waals surface area contributed by atoms with Crippen LogP contribution < -0.4 is 4.90 Å². The fraction of sp³-hybridized carbons (Fsp3) is 0.286. The molecule has 1 aliphatic rings. The first-order valence-electron chi connectivity index (χ1n) is 5.78. The van der Waals surface area contributed by atoms with E-state index in [2.05, 4.69) is 11.8 Å². The van der Waals surface area contributed by atoms with Crippen LogP contribution in [-0.4, -0.2) is 23.5 Å². The molecule has 0 aliphatic carbocycles. The molecule has 4 heteroatoms. The van der Waals surface area contributed by atoms with E-state index in [9.17, 15) is 9.59 Å². The van der Waals surface area contributed by atoms with Gasteiger partial charge in [0.05, 0.1) is 12.3 Å². The Labute approximate surface area is 105 Å². The predicted molar refractivity (Wildman–Crippen MR) is 66.7 cm³/mol. The second-order valence-corrected chi connectivity index (χ2v) is 3.95. The molecule has 0 radical (unpaired) electrons. The molecule has 0 spiro atoms. The predicted octanol–water partition coefficient (Wildman–Crippen LogP) is 1.07. The Bertz CT molecular complexity index is 506. The van der Waals surface area contributed by atoms with Gasteiger partial charge in [0.1, 0.15) is 0 Å². The Morgan fingerprint density at radius 2 is 1.72 bits per heavy atom. The summed E-state index contributed by atoms with van der Waals surface area (Å²) < 4.78 is 0. The van der Waals surface area contributed by atoms with E-state index in [0.29, 0.717) is 12.1 Å². The van der Waals surface area contributed by atoms with Crippen LogP contribution in [0.1, 0.15) is 24.8 Å². The second-order valence-electron chi connectivity index (χ2n) is 3.95. The van der Waals surface area contributed by atoms with E-state index in [1.807, 2.05) is 0 Å². The molecular formula is C14H13NO3. The van der Waals surface area contributed by atoms with Crippen molar-refractivity contribution in [3.8, 4) is 11.8 Å². The minimum absolute atomic E-state index is 0.0435. The zero-order valence-corrected chi connectivity index (χ0v) is 9.85. The molecule has 1 aromatic carbocycles. The van der Waals surface area contributed by atoms with Crippen molar-refractivity contribution in [2.24, 2.45) is 0 Å². The van der Waals surface area contributed by atoms with Crippen LogP contribution in [0.5, 0.6) is 0 Å². The third kappa shape index (κ3) is 2.58. The molecule has 0 aromatic heterocycles. The van der Waals surface area contributed by atoms with Crippen molar-refractivity contribution in [1.29, 1.82) is 0 Å². The van der Waals surface area contributed by atoms with Gasteiger partial charge in [-0.2, -0.15) is 0 Å². The lowest BCUT2D eigenvalue weighted by molar-refractivity contribution is -0.121. The minimum atomic E-state index is -0.154. The first-order chi connectivity index (χ1) is 8.72. The van der Waals surface area contributed by atoms with Crippen molar-refractivity contribution in [3.05, 3.63) is 29.8 Å². The van der Waals surface area contributed by atoms with Crippen molar-refractivity contribution in [3.63, 3.8) is 0 Å². The van der Waals surface area contributed by atoms with Crippen LogP contribution in [0.2, 0.25) is 0 Å². The number of imide groups is 1. The van der Waals surface area contributed by atoms with Crippen LogP contribution in [0.15, 0.2) is 24.3 Å². The molecule has 92 valence electrons.